The predicted octanol–water partition coefficient (Wildman–Crippen LogP) is 22.0. The molecule has 0 saturated heterocycles. The molecule has 0 aromatic heterocycles. The molecule has 6 heteroatoms. The second-order valence-electron chi connectivity index (χ2n) is 20.9. The van der Waals surface area contributed by atoms with Gasteiger partial charge in [-0.05, 0) is 109 Å². The molecule has 0 amide bonds. The van der Waals surface area contributed by atoms with Gasteiger partial charge in [0.25, 0.3) is 0 Å². The van der Waals surface area contributed by atoms with Gasteiger partial charge in [0.1, 0.15) is 13.2 Å². The molecular weight excluding hydrogens is 949 g/mol. The van der Waals surface area contributed by atoms with Crippen molar-refractivity contribution in [3.05, 3.63) is 122 Å². The van der Waals surface area contributed by atoms with Crippen molar-refractivity contribution >= 4 is 17.9 Å². The summed E-state index contributed by atoms with van der Waals surface area (Å²) in [5.74, 6) is -0.936. The minimum Gasteiger partial charge on any atom is -0.462 e. The van der Waals surface area contributed by atoms with Crippen molar-refractivity contribution in [1.29, 1.82) is 0 Å². The molecule has 0 bridgehead atoms. The van der Waals surface area contributed by atoms with E-state index in [1.54, 1.807) is 0 Å². The van der Waals surface area contributed by atoms with E-state index in [2.05, 4.69) is 142 Å². The Bertz CT molecular complexity index is 1600. The van der Waals surface area contributed by atoms with Gasteiger partial charge in [0.15, 0.2) is 6.10 Å². The van der Waals surface area contributed by atoms with Crippen LogP contribution in [-0.4, -0.2) is 37.2 Å². The summed E-state index contributed by atoms with van der Waals surface area (Å²) in [4.78, 5) is 38.3. The molecule has 0 heterocycles. The van der Waals surface area contributed by atoms with Crippen molar-refractivity contribution in [2.24, 2.45) is 0 Å². The molecule has 1 atom stereocenters. The van der Waals surface area contributed by atoms with E-state index < -0.39 is 6.10 Å². The molecule has 438 valence electrons. The van der Waals surface area contributed by atoms with Crippen LogP contribution in [0.3, 0.4) is 0 Å². The first-order chi connectivity index (χ1) is 38.0. The Morgan fingerprint density at radius 2 is 0.506 bits per heavy atom. The maximum absolute atomic E-state index is 12.9. The van der Waals surface area contributed by atoms with Crippen LogP contribution in [0.4, 0.5) is 0 Å². The van der Waals surface area contributed by atoms with Gasteiger partial charge in [-0.15, -0.1) is 0 Å². The molecule has 0 fully saturated rings. The van der Waals surface area contributed by atoms with Crippen LogP contribution in [0.2, 0.25) is 0 Å². The minimum atomic E-state index is -0.803. The van der Waals surface area contributed by atoms with Crippen LogP contribution in [0.25, 0.3) is 0 Å². The van der Waals surface area contributed by atoms with Crippen LogP contribution in [0.5, 0.6) is 0 Å². The lowest BCUT2D eigenvalue weighted by atomic mass is 10.0. The van der Waals surface area contributed by atoms with Gasteiger partial charge in [-0.3, -0.25) is 14.4 Å². The molecule has 0 aliphatic heterocycles. The molecule has 0 aliphatic rings. The lowest BCUT2D eigenvalue weighted by molar-refractivity contribution is -0.167. The van der Waals surface area contributed by atoms with Gasteiger partial charge >= 0.3 is 17.9 Å². The second-order valence-corrected chi connectivity index (χ2v) is 20.9. The molecule has 0 spiro atoms. The summed E-state index contributed by atoms with van der Waals surface area (Å²) >= 11 is 0. The van der Waals surface area contributed by atoms with Gasteiger partial charge in [0, 0.05) is 19.3 Å². The van der Waals surface area contributed by atoms with E-state index in [0.29, 0.717) is 19.3 Å². The van der Waals surface area contributed by atoms with Crippen molar-refractivity contribution < 1.29 is 28.6 Å². The minimum absolute atomic E-state index is 0.0952. The topological polar surface area (TPSA) is 78.9 Å². The first-order valence-electron chi connectivity index (χ1n) is 32.0. The fraction of sp³-hybridized carbons (Fsp3) is 0.676. The quantitative estimate of drug-likeness (QED) is 0.0261. The van der Waals surface area contributed by atoms with E-state index in [9.17, 15) is 14.4 Å². The third kappa shape index (κ3) is 62.5. The van der Waals surface area contributed by atoms with Crippen molar-refractivity contribution in [2.45, 2.75) is 297 Å². The maximum Gasteiger partial charge on any atom is 0.306 e. The van der Waals surface area contributed by atoms with Crippen molar-refractivity contribution in [3.8, 4) is 0 Å². The highest BCUT2D eigenvalue weighted by atomic mass is 16.6. The molecule has 0 aromatic carbocycles. The van der Waals surface area contributed by atoms with Crippen molar-refractivity contribution in [2.75, 3.05) is 13.2 Å². The Labute approximate surface area is 475 Å². The van der Waals surface area contributed by atoms with E-state index in [1.165, 1.54) is 128 Å². The summed E-state index contributed by atoms with van der Waals surface area (Å²) in [5, 5.41) is 0. The lowest BCUT2D eigenvalue weighted by Crippen LogP contribution is -2.30. The van der Waals surface area contributed by atoms with E-state index in [0.717, 1.165) is 116 Å². The van der Waals surface area contributed by atoms with Crippen LogP contribution in [0.15, 0.2) is 122 Å². The molecule has 6 nitrogen and oxygen atoms in total. The number of carbonyl (C=O) groups excluding carboxylic acids is 3. The van der Waals surface area contributed by atoms with E-state index >= 15 is 0 Å². The number of allylic oxidation sites excluding steroid dienone is 20. The maximum atomic E-state index is 12.9. The highest BCUT2D eigenvalue weighted by molar-refractivity contribution is 5.71. The van der Waals surface area contributed by atoms with Crippen LogP contribution in [-0.2, 0) is 28.6 Å². The van der Waals surface area contributed by atoms with Gasteiger partial charge in [0.2, 0.25) is 0 Å². The molecule has 0 aromatic rings. The summed E-state index contributed by atoms with van der Waals surface area (Å²) in [7, 11) is 0. The number of ether oxygens (including phenoxy) is 3. The Morgan fingerprint density at radius 1 is 0.273 bits per heavy atom. The third-order valence-electron chi connectivity index (χ3n) is 13.5. The zero-order valence-electron chi connectivity index (χ0n) is 50.2. The van der Waals surface area contributed by atoms with Crippen LogP contribution in [0.1, 0.15) is 290 Å². The fourth-order valence-electron chi connectivity index (χ4n) is 8.73. The van der Waals surface area contributed by atoms with E-state index in [-0.39, 0.29) is 37.5 Å². The van der Waals surface area contributed by atoms with Gasteiger partial charge in [-0.25, -0.2) is 0 Å². The van der Waals surface area contributed by atoms with Gasteiger partial charge < -0.3 is 14.2 Å². The number of rotatable bonds is 57. The number of hydrogen-bond donors (Lipinski definition) is 0. The summed E-state index contributed by atoms with van der Waals surface area (Å²) in [6.45, 7) is 6.39. The molecule has 0 radical (unpaired) electrons. The lowest BCUT2D eigenvalue weighted by Gasteiger charge is -2.18. The fourth-order valence-corrected chi connectivity index (χ4v) is 8.73. The normalized spacial score (nSPS) is 12.9. The summed E-state index contributed by atoms with van der Waals surface area (Å²) < 4.78 is 16.9. The first-order valence-corrected chi connectivity index (χ1v) is 32.0. The Balaban J connectivity index is 4.33. The van der Waals surface area contributed by atoms with E-state index in [1.807, 2.05) is 0 Å². The second kappa shape index (κ2) is 64.3. The number of hydrogen-bond acceptors (Lipinski definition) is 6. The average Bonchev–Trinajstić information content (AvgIpc) is 3.43. The van der Waals surface area contributed by atoms with E-state index in [4.69, 9.17) is 14.2 Å². The van der Waals surface area contributed by atoms with Crippen molar-refractivity contribution in [3.63, 3.8) is 0 Å². The predicted molar refractivity (Wildman–Crippen MR) is 334 cm³/mol. The number of carbonyl (C=O) groups is 3. The Kier molecular flexibility index (Phi) is 60.8. The first kappa shape index (κ1) is 72.8. The van der Waals surface area contributed by atoms with Gasteiger partial charge in [0.05, 0.1) is 0 Å². The average molecular weight is 1070 g/mol. The van der Waals surface area contributed by atoms with Gasteiger partial charge in [-0.1, -0.05) is 284 Å². The number of unbranched alkanes of at least 4 members (excludes halogenated alkanes) is 26. The molecule has 77 heavy (non-hydrogen) atoms. The molecular formula is C71H118O6. The molecule has 0 aliphatic carbocycles. The highest BCUT2D eigenvalue weighted by Crippen LogP contribution is 2.16. The van der Waals surface area contributed by atoms with Crippen molar-refractivity contribution in [1.82, 2.24) is 0 Å². The zero-order valence-corrected chi connectivity index (χ0v) is 50.2. The molecule has 1 unspecified atom stereocenters. The molecule has 0 saturated carbocycles. The third-order valence-corrected chi connectivity index (χ3v) is 13.5. The summed E-state index contributed by atoms with van der Waals surface area (Å²) in [6.07, 6.45) is 89.2. The summed E-state index contributed by atoms with van der Waals surface area (Å²) in [6, 6.07) is 0. The Hall–Kier alpha value is -4.19. The standard InChI is InChI=1S/C71H118O6/c1-4-7-10-13-16-19-22-25-28-29-30-31-32-33-34-35-36-37-38-39-40-41-44-46-49-52-55-58-61-64-70(73)76-67-68(77-71(74)65-62-59-56-53-50-47-43-27-24-21-18-15-12-9-6-3)66-75-69(72)63-60-57-54-51-48-45-42-26-23-20-17-14-11-8-5-2/h7,9-10,12,16,18-19,21,25,27-28,30-31,33-34,36-37,43,50,53,68H,4-6,8,11,13-15,17,20,22-24,26,29,32,35,38-42,44-49,51-52,54-67H2,1-3H3/b10-7-,12-9-,19-16-,21-18-,28-25-,31-30-,34-33-,37-36-,43-27-,53-50-. The molecule has 0 N–H and O–H groups in total. The smallest absolute Gasteiger partial charge is 0.306 e. The number of esters is 3. The van der Waals surface area contributed by atoms with Crippen LogP contribution >= 0.6 is 0 Å². The highest BCUT2D eigenvalue weighted by Gasteiger charge is 2.19. The Morgan fingerprint density at radius 3 is 0.818 bits per heavy atom. The largest absolute Gasteiger partial charge is 0.462 e. The summed E-state index contributed by atoms with van der Waals surface area (Å²) in [5.41, 5.74) is 0. The monoisotopic (exact) mass is 1070 g/mol. The van der Waals surface area contributed by atoms with Crippen LogP contribution < -0.4 is 0 Å². The van der Waals surface area contributed by atoms with Crippen LogP contribution in [0, 0.1) is 0 Å². The zero-order chi connectivity index (χ0) is 55.7. The van der Waals surface area contributed by atoms with Gasteiger partial charge in [-0.2, -0.15) is 0 Å². The SMILES string of the molecule is CC/C=C\C/C=C\C/C=C\C/C=C\C/C=C\C/C=C\CCCCCCCCCCCCC(=O)OCC(COC(=O)CCCCCCCCCCCCCCCCC)OC(=O)CCCC/C=C\C/C=C\C/C=C\C/C=C\CC. The molecule has 0 rings (SSSR count).